The molecule has 0 saturated heterocycles. The first kappa shape index (κ1) is 19.3. The van der Waals surface area contributed by atoms with Gasteiger partial charge in [-0.1, -0.05) is 0 Å². The van der Waals surface area contributed by atoms with E-state index in [-0.39, 0.29) is 20.2 Å². The molecule has 0 unspecified atom stereocenters. The van der Waals surface area contributed by atoms with Crippen LogP contribution in [0.2, 0.25) is 10.6 Å². The Balaban J connectivity index is 2.06. The van der Waals surface area contributed by atoms with E-state index in [0.29, 0.717) is 23.9 Å². The van der Waals surface area contributed by atoms with E-state index in [0.717, 1.165) is 23.8 Å². The second-order valence-electron chi connectivity index (χ2n) is 5.07. The first-order valence-electron chi connectivity index (χ1n) is 7.69. The van der Waals surface area contributed by atoms with Crippen molar-refractivity contribution >= 4 is 38.1 Å². The van der Waals surface area contributed by atoms with E-state index in [1.54, 1.807) is 19.4 Å². The van der Waals surface area contributed by atoms with Crippen LogP contribution in [0.4, 0.5) is 11.5 Å². The molecule has 0 N–H and O–H groups in total. The van der Waals surface area contributed by atoms with Crippen molar-refractivity contribution < 1.29 is 9.47 Å². The molecule has 8 heteroatoms. The van der Waals surface area contributed by atoms with Crippen LogP contribution < -0.4 is 14.4 Å². The van der Waals surface area contributed by atoms with Crippen LogP contribution >= 0.6 is 11.6 Å². The predicted octanol–water partition coefficient (Wildman–Crippen LogP) is 3.67. The normalized spacial score (nSPS) is 10.2. The number of ether oxygens (including phenoxy) is 2. The van der Waals surface area contributed by atoms with Crippen LogP contribution in [0.25, 0.3) is 0 Å². The van der Waals surface area contributed by atoms with Gasteiger partial charge in [0, 0.05) is 0 Å². The number of halogens is 1. The van der Waals surface area contributed by atoms with Crippen molar-refractivity contribution in [1.29, 1.82) is 5.26 Å². The summed E-state index contributed by atoms with van der Waals surface area (Å²) in [5.74, 6) is 2.05. The Morgan fingerprint density at radius 1 is 1.28 bits per heavy atom. The maximum atomic E-state index is 8.57. The first-order valence-corrected chi connectivity index (χ1v) is 10.1. The fourth-order valence-corrected chi connectivity index (χ4v) is 3.20. The summed E-state index contributed by atoms with van der Waals surface area (Å²) in [6.45, 7) is 0.588. The van der Waals surface area contributed by atoms with Crippen molar-refractivity contribution in [3.63, 3.8) is 0 Å². The quantitative estimate of drug-likeness (QED) is 0.347. The van der Waals surface area contributed by atoms with Gasteiger partial charge in [-0.15, -0.1) is 0 Å². The van der Waals surface area contributed by atoms with Crippen molar-refractivity contribution in [3.05, 3.63) is 35.7 Å². The van der Waals surface area contributed by atoms with Gasteiger partial charge < -0.3 is 0 Å². The van der Waals surface area contributed by atoms with Crippen LogP contribution in [0, 0.1) is 10.2 Å². The molecule has 0 aliphatic carbocycles. The van der Waals surface area contributed by atoms with Crippen molar-refractivity contribution in [2.75, 3.05) is 25.7 Å². The van der Waals surface area contributed by atoms with Gasteiger partial charge in [0.2, 0.25) is 0 Å². The summed E-state index contributed by atoms with van der Waals surface area (Å²) < 4.78 is 11.2. The fraction of sp³-hybridized carbons (Fsp3) is 0.353. The van der Waals surface area contributed by atoms with Crippen LogP contribution in [0.3, 0.4) is 0 Å². The summed E-state index contributed by atoms with van der Waals surface area (Å²) in [6.07, 6.45) is 3.52. The summed E-state index contributed by atoms with van der Waals surface area (Å²) in [5, 5.41) is 9.73. The van der Waals surface area contributed by atoms with Gasteiger partial charge in [0.25, 0.3) is 0 Å². The molecule has 0 radical (unpaired) electrons. The van der Waals surface area contributed by atoms with Gasteiger partial charge in [-0.25, -0.2) is 4.98 Å². The Hall–Kier alpha value is -2.00. The van der Waals surface area contributed by atoms with Crippen molar-refractivity contribution in [1.82, 2.24) is 9.97 Å². The number of nitrogens with zero attached hydrogens (tertiary/aromatic N) is 4. The maximum absolute atomic E-state index is 8.57. The number of hydrogen-bond donors (Lipinski definition) is 0. The van der Waals surface area contributed by atoms with Gasteiger partial charge in [0.05, 0.1) is 0 Å². The Morgan fingerprint density at radius 3 is 2.84 bits per heavy atom. The number of unbranched alkanes of at least 4 members (excludes halogenated alkanes) is 1. The number of benzene rings is 1. The Labute approximate surface area is 158 Å². The molecule has 0 amide bonds. The average Bonchev–Trinajstić information content (AvgIpc) is 2.63. The zero-order chi connectivity index (χ0) is 18.1. The minimum absolute atomic E-state index is 0.0825. The SMILES string of the molecule is COc1ccc(N(C)c2ccnc(Cl)n2)cc1OCCCC[Se]C#N. The number of anilines is 2. The number of nitriles is 1. The Morgan fingerprint density at radius 2 is 2.12 bits per heavy atom. The van der Waals surface area contributed by atoms with Crippen LogP contribution in [0.15, 0.2) is 30.5 Å². The van der Waals surface area contributed by atoms with Gasteiger partial charge in [-0.05, 0) is 11.6 Å². The van der Waals surface area contributed by atoms with Gasteiger partial charge in [-0.3, -0.25) is 0 Å². The summed E-state index contributed by atoms with van der Waals surface area (Å²) in [4.78, 5) is 12.2. The van der Waals surface area contributed by atoms with Gasteiger partial charge in [0.15, 0.2) is 0 Å². The van der Waals surface area contributed by atoms with E-state index in [4.69, 9.17) is 26.3 Å². The molecule has 2 aromatic rings. The number of rotatable bonds is 9. The van der Waals surface area contributed by atoms with E-state index >= 15 is 0 Å². The van der Waals surface area contributed by atoms with Crippen LogP contribution in [0.5, 0.6) is 11.5 Å². The van der Waals surface area contributed by atoms with Crippen molar-refractivity contribution in [3.8, 4) is 16.5 Å². The second kappa shape index (κ2) is 10.1. The molecular weight excluding hydrogens is 407 g/mol. The summed E-state index contributed by atoms with van der Waals surface area (Å²) in [6, 6.07) is 7.49. The zero-order valence-corrected chi connectivity index (χ0v) is 16.6. The molecule has 0 fully saturated rings. The fourth-order valence-electron chi connectivity index (χ4n) is 2.14. The second-order valence-corrected chi connectivity index (χ2v) is 7.26. The average molecular weight is 426 g/mol. The molecule has 2 rings (SSSR count). The van der Waals surface area contributed by atoms with Crippen molar-refractivity contribution in [2.24, 2.45) is 0 Å². The van der Waals surface area contributed by atoms with E-state index < -0.39 is 0 Å². The Kier molecular flexibility index (Phi) is 7.80. The number of hydrogen-bond acceptors (Lipinski definition) is 6. The third kappa shape index (κ3) is 5.79. The van der Waals surface area contributed by atoms with Crippen LogP contribution in [-0.4, -0.2) is 45.7 Å². The molecule has 0 bridgehead atoms. The zero-order valence-electron chi connectivity index (χ0n) is 14.1. The molecule has 0 saturated carbocycles. The van der Waals surface area contributed by atoms with E-state index in [1.807, 2.05) is 30.1 Å². The van der Waals surface area contributed by atoms with Gasteiger partial charge in [-0.2, -0.15) is 0 Å². The van der Waals surface area contributed by atoms with E-state index in [9.17, 15) is 0 Å². The monoisotopic (exact) mass is 426 g/mol. The third-order valence-electron chi connectivity index (χ3n) is 3.45. The number of methoxy groups -OCH3 is 1. The van der Waals surface area contributed by atoms with E-state index in [2.05, 4.69) is 14.9 Å². The molecule has 1 heterocycles. The minimum atomic E-state index is 0.0825. The molecule has 0 aliphatic heterocycles. The summed E-state index contributed by atoms with van der Waals surface area (Å²) in [7, 11) is 3.51. The predicted molar refractivity (Wildman–Crippen MR) is 99.0 cm³/mol. The Bertz CT molecular complexity index is 739. The van der Waals surface area contributed by atoms with Crippen LogP contribution in [-0.2, 0) is 0 Å². The molecule has 1 aromatic carbocycles. The molecule has 1 aromatic heterocycles. The molecule has 132 valence electrons. The van der Waals surface area contributed by atoms with Crippen LogP contribution in [0.1, 0.15) is 12.8 Å². The van der Waals surface area contributed by atoms with E-state index in [1.165, 1.54) is 0 Å². The molecule has 0 aliphatic rings. The standard InChI is InChI=1S/C17H19ClN4O2Se/c1-22(16-7-8-20-17(18)21-16)13-5-6-14(23-2)15(11-13)24-9-3-4-10-25-12-19/h5-8,11H,3-4,9-10H2,1-2H3. The molecule has 6 nitrogen and oxygen atoms in total. The number of aromatic nitrogens is 2. The molecule has 25 heavy (non-hydrogen) atoms. The van der Waals surface area contributed by atoms with Crippen molar-refractivity contribution in [2.45, 2.75) is 18.2 Å². The third-order valence-corrected chi connectivity index (χ3v) is 4.94. The van der Waals surface area contributed by atoms with Gasteiger partial charge in [0.1, 0.15) is 0 Å². The molecule has 0 spiro atoms. The molecule has 0 atom stereocenters. The topological polar surface area (TPSA) is 71.3 Å². The summed E-state index contributed by atoms with van der Waals surface area (Å²) in [5.41, 5.74) is 0.901. The molecular formula is C17H19ClN4O2Se. The summed E-state index contributed by atoms with van der Waals surface area (Å²) >= 11 is 5.95. The first-order chi connectivity index (χ1) is 12.2. The van der Waals surface area contributed by atoms with Gasteiger partial charge >= 0.3 is 142 Å².